The van der Waals surface area contributed by atoms with E-state index in [0.717, 1.165) is 23.2 Å². The predicted molar refractivity (Wildman–Crippen MR) is 105 cm³/mol. The standard InChI is InChI=1S/C22H19N3O/c1-15-6-5-9-20(23-15)25-19-13-11-17-10-12-18(24-21(17)22(19)26)14-16-7-3-2-4-8-16/h2-13,26H,14H2,1H3,(H,23,25). The van der Waals surface area contributed by atoms with Crippen LogP contribution >= 0.6 is 0 Å². The first kappa shape index (κ1) is 16.1. The number of pyridine rings is 2. The summed E-state index contributed by atoms with van der Waals surface area (Å²) in [4.78, 5) is 9.10. The number of aromatic hydroxyl groups is 1. The van der Waals surface area contributed by atoms with Gasteiger partial charge in [0.1, 0.15) is 11.3 Å². The second kappa shape index (κ2) is 6.84. The van der Waals surface area contributed by atoms with Crippen molar-refractivity contribution in [1.82, 2.24) is 9.97 Å². The summed E-state index contributed by atoms with van der Waals surface area (Å²) in [6.07, 6.45) is 0.729. The quantitative estimate of drug-likeness (QED) is 0.514. The molecule has 4 rings (SSSR count). The number of rotatable bonds is 4. The highest BCUT2D eigenvalue weighted by molar-refractivity contribution is 5.90. The van der Waals surface area contributed by atoms with Crippen LogP contribution in [0, 0.1) is 6.92 Å². The summed E-state index contributed by atoms with van der Waals surface area (Å²) in [5.74, 6) is 0.834. The molecule has 128 valence electrons. The Morgan fingerprint density at radius 2 is 1.65 bits per heavy atom. The zero-order chi connectivity index (χ0) is 17.9. The van der Waals surface area contributed by atoms with Crippen molar-refractivity contribution in [2.75, 3.05) is 5.32 Å². The highest BCUT2D eigenvalue weighted by atomic mass is 16.3. The molecule has 0 aliphatic carbocycles. The Morgan fingerprint density at radius 1 is 0.846 bits per heavy atom. The fourth-order valence-electron chi connectivity index (χ4n) is 2.97. The van der Waals surface area contributed by atoms with E-state index in [-0.39, 0.29) is 5.75 Å². The molecule has 2 N–H and O–H groups in total. The maximum atomic E-state index is 10.7. The van der Waals surface area contributed by atoms with Crippen LogP contribution in [0.25, 0.3) is 10.9 Å². The summed E-state index contributed by atoms with van der Waals surface area (Å²) in [7, 11) is 0. The van der Waals surface area contributed by atoms with Crippen LogP contribution < -0.4 is 5.32 Å². The van der Waals surface area contributed by atoms with Crippen molar-refractivity contribution >= 4 is 22.4 Å². The SMILES string of the molecule is Cc1cccc(Nc2ccc3ccc(Cc4ccccc4)nc3c2O)n1. The van der Waals surface area contributed by atoms with Crippen molar-refractivity contribution < 1.29 is 5.11 Å². The van der Waals surface area contributed by atoms with E-state index in [4.69, 9.17) is 0 Å². The molecule has 0 atom stereocenters. The van der Waals surface area contributed by atoms with Gasteiger partial charge < -0.3 is 10.4 Å². The van der Waals surface area contributed by atoms with Crippen molar-refractivity contribution in [3.8, 4) is 5.75 Å². The van der Waals surface area contributed by atoms with Crippen LogP contribution in [0.5, 0.6) is 5.75 Å². The number of phenols is 1. The topological polar surface area (TPSA) is 58.0 Å². The second-order valence-electron chi connectivity index (χ2n) is 6.29. The van der Waals surface area contributed by atoms with E-state index >= 15 is 0 Å². The number of benzene rings is 2. The molecule has 0 saturated heterocycles. The molecule has 0 amide bonds. The molecule has 4 aromatic rings. The fraction of sp³-hybridized carbons (Fsp3) is 0.0909. The number of nitrogens with zero attached hydrogens (tertiary/aromatic N) is 2. The third-order valence-corrected chi connectivity index (χ3v) is 4.27. The third-order valence-electron chi connectivity index (χ3n) is 4.27. The summed E-state index contributed by atoms with van der Waals surface area (Å²) in [5, 5.41) is 14.8. The van der Waals surface area contributed by atoms with Gasteiger partial charge in [-0.2, -0.15) is 0 Å². The van der Waals surface area contributed by atoms with Crippen molar-refractivity contribution in [3.05, 3.63) is 89.7 Å². The van der Waals surface area contributed by atoms with Crippen molar-refractivity contribution in [1.29, 1.82) is 0 Å². The van der Waals surface area contributed by atoms with Gasteiger partial charge in [0.25, 0.3) is 0 Å². The average Bonchev–Trinajstić information content (AvgIpc) is 2.65. The molecule has 0 aliphatic heterocycles. The highest BCUT2D eigenvalue weighted by Gasteiger charge is 2.10. The van der Waals surface area contributed by atoms with Crippen LogP contribution in [-0.4, -0.2) is 15.1 Å². The van der Waals surface area contributed by atoms with Crippen LogP contribution in [-0.2, 0) is 6.42 Å². The Hall–Kier alpha value is -3.40. The maximum absolute atomic E-state index is 10.7. The average molecular weight is 341 g/mol. The first-order valence-electron chi connectivity index (χ1n) is 8.55. The van der Waals surface area contributed by atoms with E-state index in [9.17, 15) is 5.11 Å². The molecule has 2 heterocycles. The van der Waals surface area contributed by atoms with Crippen LogP contribution in [0.1, 0.15) is 17.0 Å². The maximum Gasteiger partial charge on any atom is 0.165 e. The highest BCUT2D eigenvalue weighted by Crippen LogP contribution is 2.33. The molecule has 2 aromatic heterocycles. The molecule has 0 spiro atoms. The van der Waals surface area contributed by atoms with Crippen LogP contribution in [0.3, 0.4) is 0 Å². The number of fused-ring (bicyclic) bond motifs is 1. The van der Waals surface area contributed by atoms with Gasteiger partial charge in [-0.1, -0.05) is 48.5 Å². The van der Waals surface area contributed by atoms with E-state index in [1.807, 2.05) is 67.6 Å². The van der Waals surface area contributed by atoms with Crippen LogP contribution in [0.2, 0.25) is 0 Å². The summed E-state index contributed by atoms with van der Waals surface area (Å²) >= 11 is 0. The largest absolute Gasteiger partial charge is 0.504 e. The zero-order valence-electron chi connectivity index (χ0n) is 14.5. The summed E-state index contributed by atoms with van der Waals surface area (Å²) < 4.78 is 0. The summed E-state index contributed by atoms with van der Waals surface area (Å²) in [6, 6.07) is 23.7. The van der Waals surface area contributed by atoms with Crippen molar-refractivity contribution in [2.24, 2.45) is 0 Å². The Kier molecular flexibility index (Phi) is 4.23. The van der Waals surface area contributed by atoms with Gasteiger partial charge in [-0.15, -0.1) is 0 Å². The van der Waals surface area contributed by atoms with E-state index in [2.05, 4.69) is 27.4 Å². The monoisotopic (exact) mass is 341 g/mol. The lowest BCUT2D eigenvalue weighted by Gasteiger charge is -2.11. The molecular weight excluding hydrogens is 322 g/mol. The van der Waals surface area contributed by atoms with Crippen LogP contribution in [0.15, 0.2) is 72.8 Å². The lowest BCUT2D eigenvalue weighted by Crippen LogP contribution is -1.97. The van der Waals surface area contributed by atoms with Gasteiger partial charge in [0.15, 0.2) is 5.75 Å². The summed E-state index contributed by atoms with van der Waals surface area (Å²) in [6.45, 7) is 1.93. The fourth-order valence-corrected chi connectivity index (χ4v) is 2.97. The molecule has 4 heteroatoms. The lowest BCUT2D eigenvalue weighted by molar-refractivity contribution is 0.482. The minimum Gasteiger partial charge on any atom is -0.504 e. The normalized spacial score (nSPS) is 10.8. The Labute approximate surface area is 152 Å². The molecule has 0 unspecified atom stereocenters. The smallest absolute Gasteiger partial charge is 0.165 e. The molecule has 0 bridgehead atoms. The van der Waals surface area contributed by atoms with Crippen LogP contribution in [0.4, 0.5) is 11.5 Å². The zero-order valence-corrected chi connectivity index (χ0v) is 14.5. The number of aryl methyl sites for hydroxylation is 1. The number of nitrogens with one attached hydrogen (secondary N) is 1. The minimum atomic E-state index is 0.140. The third kappa shape index (κ3) is 3.35. The first-order valence-corrected chi connectivity index (χ1v) is 8.55. The number of aromatic nitrogens is 2. The van der Waals surface area contributed by atoms with Crippen molar-refractivity contribution in [3.63, 3.8) is 0 Å². The molecular formula is C22H19N3O. The molecule has 4 nitrogen and oxygen atoms in total. The van der Waals surface area contributed by atoms with Gasteiger partial charge in [0.05, 0.1) is 5.69 Å². The van der Waals surface area contributed by atoms with Gasteiger partial charge in [0.2, 0.25) is 0 Å². The Balaban J connectivity index is 1.69. The van der Waals surface area contributed by atoms with Gasteiger partial charge in [0, 0.05) is 23.2 Å². The first-order chi connectivity index (χ1) is 12.7. The van der Waals surface area contributed by atoms with E-state index in [1.54, 1.807) is 0 Å². The second-order valence-corrected chi connectivity index (χ2v) is 6.29. The van der Waals surface area contributed by atoms with Gasteiger partial charge in [-0.3, -0.25) is 0 Å². The van der Waals surface area contributed by atoms with E-state index in [1.165, 1.54) is 5.56 Å². The Morgan fingerprint density at radius 3 is 2.46 bits per heavy atom. The molecule has 0 saturated carbocycles. The molecule has 0 fully saturated rings. The van der Waals surface area contributed by atoms with Gasteiger partial charge in [-0.05, 0) is 36.8 Å². The number of hydrogen-bond donors (Lipinski definition) is 2. The molecule has 26 heavy (non-hydrogen) atoms. The minimum absolute atomic E-state index is 0.140. The molecule has 0 aliphatic rings. The number of anilines is 2. The van der Waals surface area contributed by atoms with Gasteiger partial charge in [-0.25, -0.2) is 9.97 Å². The summed E-state index contributed by atoms with van der Waals surface area (Å²) in [5.41, 5.74) is 4.22. The predicted octanol–water partition coefficient (Wildman–Crippen LogP) is 4.98. The Bertz CT molecular complexity index is 1060. The van der Waals surface area contributed by atoms with Gasteiger partial charge >= 0.3 is 0 Å². The molecule has 0 radical (unpaired) electrons. The van der Waals surface area contributed by atoms with Crippen molar-refractivity contribution in [2.45, 2.75) is 13.3 Å². The number of hydrogen-bond acceptors (Lipinski definition) is 4. The molecule has 2 aromatic carbocycles. The number of phenolic OH excluding ortho intramolecular Hbond substituents is 1. The van der Waals surface area contributed by atoms with E-state index in [0.29, 0.717) is 17.0 Å². The van der Waals surface area contributed by atoms with E-state index < -0.39 is 0 Å². The lowest BCUT2D eigenvalue weighted by atomic mass is 10.1.